The van der Waals surface area contributed by atoms with E-state index in [1.165, 1.54) is 0 Å². The molecule has 0 spiro atoms. The third kappa shape index (κ3) is 2.72. The molecule has 0 saturated heterocycles. The lowest BCUT2D eigenvalue weighted by Gasteiger charge is -2.43. The van der Waals surface area contributed by atoms with E-state index < -0.39 is 11.6 Å². The van der Waals surface area contributed by atoms with E-state index in [4.69, 9.17) is 16.3 Å². The molecule has 2 aromatic rings. The molecule has 26 heavy (non-hydrogen) atoms. The summed E-state index contributed by atoms with van der Waals surface area (Å²) in [5.74, 6) is 0.381. The third-order valence-electron chi connectivity index (χ3n) is 5.24. The van der Waals surface area contributed by atoms with Crippen molar-refractivity contribution in [3.8, 4) is 22.9 Å². The molecule has 4 nitrogen and oxygen atoms in total. The molecule has 1 aliphatic rings. The van der Waals surface area contributed by atoms with E-state index >= 15 is 0 Å². The molecule has 0 bridgehead atoms. The number of para-hydroxylation sites is 1. The van der Waals surface area contributed by atoms with E-state index in [1.54, 1.807) is 13.2 Å². The van der Waals surface area contributed by atoms with Crippen LogP contribution in [-0.2, 0) is 0 Å². The molecule has 1 heterocycles. The van der Waals surface area contributed by atoms with E-state index in [1.807, 2.05) is 45.9 Å². The van der Waals surface area contributed by atoms with Crippen molar-refractivity contribution in [3.05, 3.63) is 46.0 Å². The quantitative estimate of drug-likeness (QED) is 0.791. The predicted molar refractivity (Wildman–Crippen MR) is 105 cm³/mol. The minimum Gasteiger partial charge on any atom is -0.495 e. The van der Waals surface area contributed by atoms with Crippen LogP contribution < -0.4 is 10.1 Å². The first-order valence-corrected chi connectivity index (χ1v) is 8.97. The summed E-state index contributed by atoms with van der Waals surface area (Å²) in [4.78, 5) is 0. The van der Waals surface area contributed by atoms with Gasteiger partial charge in [-0.15, -0.1) is 0 Å². The summed E-state index contributed by atoms with van der Waals surface area (Å²) >= 11 is 6.82. The Morgan fingerprint density at radius 3 is 2.62 bits per heavy atom. The molecule has 136 valence electrons. The molecule has 0 radical (unpaired) electrons. The van der Waals surface area contributed by atoms with Gasteiger partial charge in [0.15, 0.2) is 0 Å². The largest absolute Gasteiger partial charge is 0.495 e. The predicted octanol–water partition coefficient (Wildman–Crippen LogP) is 4.86. The van der Waals surface area contributed by atoms with Crippen molar-refractivity contribution in [2.24, 2.45) is 0 Å². The summed E-state index contributed by atoms with van der Waals surface area (Å²) in [6.07, 6.45) is -0.575. The van der Waals surface area contributed by atoms with Crippen LogP contribution in [0, 0.1) is 18.3 Å². The second-order valence-corrected chi connectivity index (χ2v) is 7.80. The maximum atomic E-state index is 10.7. The van der Waals surface area contributed by atoms with Crippen LogP contribution >= 0.6 is 11.6 Å². The number of anilines is 1. The fourth-order valence-corrected chi connectivity index (χ4v) is 4.27. The smallest absolute Gasteiger partial charge is 0.144 e. The maximum absolute atomic E-state index is 10.7. The number of aliphatic hydroxyl groups is 1. The minimum absolute atomic E-state index is 0.127. The fourth-order valence-electron chi connectivity index (χ4n) is 3.84. The maximum Gasteiger partial charge on any atom is 0.144 e. The summed E-state index contributed by atoms with van der Waals surface area (Å²) < 4.78 is 5.50. The lowest BCUT2D eigenvalue weighted by atomic mass is 9.77. The van der Waals surface area contributed by atoms with Crippen LogP contribution in [-0.4, -0.2) is 23.9 Å². The van der Waals surface area contributed by atoms with Gasteiger partial charge >= 0.3 is 0 Å². The Balaban J connectivity index is 2.29. The summed E-state index contributed by atoms with van der Waals surface area (Å²) in [5, 5.41) is 24.1. The molecule has 0 amide bonds. The number of halogens is 1. The molecule has 3 rings (SSSR count). The van der Waals surface area contributed by atoms with Gasteiger partial charge < -0.3 is 15.2 Å². The normalized spacial score (nSPS) is 20.7. The highest BCUT2D eigenvalue weighted by molar-refractivity contribution is 6.35. The number of nitriles is 1. The Labute approximate surface area is 159 Å². The van der Waals surface area contributed by atoms with Gasteiger partial charge in [0, 0.05) is 28.3 Å². The van der Waals surface area contributed by atoms with E-state index in [-0.39, 0.29) is 5.92 Å². The molecule has 2 aromatic carbocycles. The minimum atomic E-state index is -0.575. The topological polar surface area (TPSA) is 65.3 Å². The standard InChI is InChI=1S/C21H23ClN2O2/c1-11-9-15(14-8-6-7-13(10-23)19(14)26-5)17(22)16-12(2)20(25)21(3,4)24-18(11)16/h6-9,12,20,24-25H,1-5H3. The molecule has 0 aliphatic carbocycles. The van der Waals surface area contributed by atoms with Crippen LogP contribution in [0.15, 0.2) is 24.3 Å². The van der Waals surface area contributed by atoms with Gasteiger partial charge in [-0.05, 0) is 38.5 Å². The first-order chi connectivity index (χ1) is 12.2. The van der Waals surface area contributed by atoms with Crippen LogP contribution in [0.5, 0.6) is 5.75 Å². The number of aliphatic hydroxyl groups excluding tert-OH is 1. The highest BCUT2D eigenvalue weighted by Crippen LogP contribution is 2.49. The first kappa shape index (κ1) is 18.6. The Morgan fingerprint density at radius 1 is 1.31 bits per heavy atom. The number of aryl methyl sites for hydroxylation is 1. The fraction of sp³-hybridized carbons (Fsp3) is 0.381. The second kappa shape index (κ2) is 6.50. The zero-order chi connectivity index (χ0) is 19.2. The van der Waals surface area contributed by atoms with Crippen LogP contribution in [0.1, 0.15) is 43.4 Å². The number of hydrogen-bond acceptors (Lipinski definition) is 4. The van der Waals surface area contributed by atoms with Crippen LogP contribution in [0.3, 0.4) is 0 Å². The monoisotopic (exact) mass is 370 g/mol. The summed E-state index contributed by atoms with van der Waals surface area (Å²) in [6.45, 7) is 7.98. The van der Waals surface area contributed by atoms with Crippen molar-refractivity contribution >= 4 is 17.3 Å². The molecule has 2 unspecified atom stereocenters. The summed E-state index contributed by atoms with van der Waals surface area (Å²) in [7, 11) is 1.55. The van der Waals surface area contributed by atoms with Crippen molar-refractivity contribution in [1.82, 2.24) is 0 Å². The van der Waals surface area contributed by atoms with E-state index in [0.29, 0.717) is 16.3 Å². The number of rotatable bonds is 2. The number of fused-ring (bicyclic) bond motifs is 1. The molecule has 0 fully saturated rings. The molecule has 0 saturated carbocycles. The Hall–Kier alpha value is -2.22. The molecular weight excluding hydrogens is 348 g/mol. The molecular formula is C21H23ClN2O2. The first-order valence-electron chi connectivity index (χ1n) is 8.59. The van der Waals surface area contributed by atoms with E-state index in [9.17, 15) is 10.4 Å². The van der Waals surface area contributed by atoms with Gasteiger partial charge in [-0.1, -0.05) is 30.7 Å². The molecule has 1 aliphatic heterocycles. The highest BCUT2D eigenvalue weighted by atomic mass is 35.5. The zero-order valence-corrected chi connectivity index (χ0v) is 16.4. The Morgan fingerprint density at radius 2 is 2.00 bits per heavy atom. The Bertz CT molecular complexity index is 915. The average molecular weight is 371 g/mol. The number of ether oxygens (including phenoxy) is 1. The van der Waals surface area contributed by atoms with Crippen LogP contribution in [0.2, 0.25) is 5.02 Å². The molecule has 5 heteroatoms. The lowest BCUT2D eigenvalue weighted by Crippen LogP contribution is -2.50. The van der Waals surface area contributed by atoms with Crippen molar-refractivity contribution in [2.45, 2.75) is 45.3 Å². The van der Waals surface area contributed by atoms with Crippen LogP contribution in [0.4, 0.5) is 5.69 Å². The van der Waals surface area contributed by atoms with Gasteiger partial charge in [0.05, 0.1) is 29.3 Å². The molecule has 2 N–H and O–H groups in total. The van der Waals surface area contributed by atoms with Crippen LogP contribution in [0.25, 0.3) is 11.1 Å². The average Bonchev–Trinajstić information content (AvgIpc) is 2.61. The van der Waals surface area contributed by atoms with Gasteiger partial charge in [0.1, 0.15) is 11.8 Å². The summed E-state index contributed by atoms with van der Waals surface area (Å²) in [5.41, 5.74) is 4.50. The molecule has 0 aromatic heterocycles. The van der Waals surface area contributed by atoms with Crippen molar-refractivity contribution in [1.29, 1.82) is 5.26 Å². The lowest BCUT2D eigenvalue weighted by molar-refractivity contribution is 0.0869. The second-order valence-electron chi connectivity index (χ2n) is 7.42. The number of nitrogens with zero attached hydrogens (tertiary/aromatic N) is 1. The van der Waals surface area contributed by atoms with Crippen molar-refractivity contribution in [3.63, 3.8) is 0 Å². The molecule has 2 atom stereocenters. The van der Waals surface area contributed by atoms with Crippen molar-refractivity contribution < 1.29 is 9.84 Å². The zero-order valence-electron chi connectivity index (χ0n) is 15.6. The number of nitrogens with one attached hydrogen (secondary N) is 1. The number of benzene rings is 2. The van der Waals surface area contributed by atoms with Gasteiger partial charge in [0.2, 0.25) is 0 Å². The van der Waals surface area contributed by atoms with Gasteiger partial charge in [-0.2, -0.15) is 5.26 Å². The van der Waals surface area contributed by atoms with E-state index in [2.05, 4.69) is 11.4 Å². The summed E-state index contributed by atoms with van der Waals surface area (Å²) in [6, 6.07) is 9.60. The van der Waals surface area contributed by atoms with Crippen molar-refractivity contribution in [2.75, 3.05) is 12.4 Å². The number of methoxy groups -OCH3 is 1. The SMILES string of the molecule is COc1c(C#N)cccc1-c1cc(C)c2c(c1Cl)C(C)C(O)C(C)(C)N2. The third-order valence-corrected chi connectivity index (χ3v) is 5.65. The van der Waals surface area contributed by atoms with Gasteiger partial charge in [0.25, 0.3) is 0 Å². The van der Waals surface area contributed by atoms with E-state index in [0.717, 1.165) is 27.9 Å². The number of hydrogen-bond donors (Lipinski definition) is 2. The van der Waals surface area contributed by atoms with Gasteiger partial charge in [-0.25, -0.2) is 0 Å². The Kier molecular flexibility index (Phi) is 4.64. The van der Waals surface area contributed by atoms with Gasteiger partial charge in [-0.3, -0.25) is 0 Å². The highest BCUT2D eigenvalue weighted by Gasteiger charge is 2.40.